The molecule has 0 saturated carbocycles. The van der Waals surface area contributed by atoms with E-state index in [2.05, 4.69) is 124 Å². The monoisotopic (exact) mass is 444 g/mol. The van der Waals surface area contributed by atoms with Crippen molar-refractivity contribution < 1.29 is 0 Å². The number of benzene rings is 4. The fourth-order valence-corrected chi connectivity index (χ4v) is 5.23. The highest BCUT2D eigenvalue weighted by molar-refractivity contribution is 5.87. The lowest BCUT2D eigenvalue weighted by Crippen LogP contribution is -2.05. The fourth-order valence-electron chi connectivity index (χ4n) is 5.23. The summed E-state index contributed by atoms with van der Waals surface area (Å²) in [6, 6.07) is 32.8. The Kier molecular flexibility index (Phi) is 6.06. The molecule has 2 heteroatoms. The highest BCUT2D eigenvalue weighted by atomic mass is 15.3. The van der Waals surface area contributed by atoms with E-state index in [0.29, 0.717) is 11.8 Å². The van der Waals surface area contributed by atoms with E-state index in [0.717, 1.165) is 11.3 Å². The van der Waals surface area contributed by atoms with Gasteiger partial charge in [-0.3, -0.25) is 5.43 Å². The Morgan fingerprint density at radius 1 is 0.618 bits per heavy atom. The average molecular weight is 445 g/mol. The maximum atomic E-state index is 4.77. The summed E-state index contributed by atoms with van der Waals surface area (Å²) in [7, 11) is 0. The summed E-state index contributed by atoms with van der Waals surface area (Å²) >= 11 is 0. The van der Waals surface area contributed by atoms with Gasteiger partial charge in [0.15, 0.2) is 0 Å². The molecule has 34 heavy (non-hydrogen) atoms. The van der Waals surface area contributed by atoms with Crippen molar-refractivity contribution in [3.63, 3.8) is 0 Å². The highest BCUT2D eigenvalue weighted by Crippen LogP contribution is 2.48. The molecule has 1 N–H and O–H groups in total. The molecule has 0 spiro atoms. The van der Waals surface area contributed by atoms with E-state index in [9.17, 15) is 0 Å². The standard InChI is InChI=1S/C32H32N2/c1-21(2)24-18-11-19-25(22(3)4)32(24)34-33-20-23-12-5-6-13-26(23)31-29-16-9-7-14-27(29)28-15-8-10-17-30(28)31/h5-22,31,34H,1-4H3/b33-20+. The van der Waals surface area contributed by atoms with E-state index in [1.165, 1.54) is 38.9 Å². The van der Waals surface area contributed by atoms with Gasteiger partial charge in [-0.2, -0.15) is 5.10 Å². The van der Waals surface area contributed by atoms with Crippen molar-refractivity contribution in [2.75, 3.05) is 5.43 Å². The summed E-state index contributed by atoms with van der Waals surface area (Å²) < 4.78 is 0. The Hall–Kier alpha value is -3.65. The Morgan fingerprint density at radius 3 is 1.68 bits per heavy atom. The van der Waals surface area contributed by atoms with Gasteiger partial charge in [0.05, 0.1) is 11.9 Å². The van der Waals surface area contributed by atoms with Gasteiger partial charge in [-0.1, -0.05) is 119 Å². The number of hydrazone groups is 1. The zero-order valence-corrected chi connectivity index (χ0v) is 20.4. The molecular formula is C32H32N2. The molecule has 0 bridgehead atoms. The van der Waals surface area contributed by atoms with Gasteiger partial charge in [-0.15, -0.1) is 0 Å². The largest absolute Gasteiger partial charge is 0.278 e. The summed E-state index contributed by atoms with van der Waals surface area (Å²) in [6.07, 6.45) is 1.99. The second-order valence-electron chi connectivity index (χ2n) is 9.73. The lowest BCUT2D eigenvalue weighted by atomic mass is 9.87. The van der Waals surface area contributed by atoms with E-state index in [-0.39, 0.29) is 5.92 Å². The van der Waals surface area contributed by atoms with Crippen molar-refractivity contribution in [3.05, 3.63) is 124 Å². The van der Waals surface area contributed by atoms with Crippen LogP contribution in [0.2, 0.25) is 0 Å². The first-order chi connectivity index (χ1) is 16.6. The Labute approximate surface area is 203 Å². The quantitative estimate of drug-likeness (QED) is 0.206. The molecule has 0 fully saturated rings. The van der Waals surface area contributed by atoms with Gasteiger partial charge in [0.1, 0.15) is 0 Å². The van der Waals surface area contributed by atoms with Gasteiger partial charge in [-0.05, 0) is 56.3 Å². The van der Waals surface area contributed by atoms with Crippen molar-refractivity contribution >= 4 is 11.9 Å². The van der Waals surface area contributed by atoms with Crippen molar-refractivity contribution in [1.29, 1.82) is 0 Å². The fraction of sp³-hybridized carbons (Fsp3) is 0.219. The van der Waals surface area contributed by atoms with Gasteiger partial charge >= 0.3 is 0 Å². The Balaban J connectivity index is 1.53. The molecule has 1 aliphatic carbocycles. The number of rotatable bonds is 6. The van der Waals surface area contributed by atoms with E-state index in [1.807, 2.05) is 6.21 Å². The molecule has 5 rings (SSSR count). The van der Waals surface area contributed by atoms with Gasteiger partial charge < -0.3 is 0 Å². The average Bonchev–Trinajstić information content (AvgIpc) is 3.18. The van der Waals surface area contributed by atoms with Crippen LogP contribution in [-0.2, 0) is 0 Å². The summed E-state index contributed by atoms with van der Waals surface area (Å²) in [4.78, 5) is 0. The third kappa shape index (κ3) is 3.94. The van der Waals surface area contributed by atoms with Crippen LogP contribution in [0.3, 0.4) is 0 Å². The molecule has 1 aliphatic rings. The lowest BCUT2D eigenvalue weighted by molar-refractivity contribution is 0.835. The van der Waals surface area contributed by atoms with Crippen molar-refractivity contribution in [1.82, 2.24) is 0 Å². The van der Waals surface area contributed by atoms with E-state index >= 15 is 0 Å². The van der Waals surface area contributed by atoms with Crippen molar-refractivity contribution in [2.45, 2.75) is 45.4 Å². The third-order valence-corrected chi connectivity index (χ3v) is 6.89. The number of nitrogens with zero attached hydrogens (tertiary/aromatic N) is 1. The first kappa shape index (κ1) is 22.2. The van der Waals surface area contributed by atoms with Crippen LogP contribution >= 0.6 is 0 Å². The number of hydrogen-bond donors (Lipinski definition) is 1. The first-order valence-electron chi connectivity index (χ1n) is 12.2. The topological polar surface area (TPSA) is 24.4 Å². The van der Waals surface area contributed by atoms with Gasteiger partial charge in [0.2, 0.25) is 0 Å². The number of fused-ring (bicyclic) bond motifs is 3. The van der Waals surface area contributed by atoms with Crippen LogP contribution in [0.5, 0.6) is 0 Å². The number of hydrogen-bond acceptors (Lipinski definition) is 2. The summed E-state index contributed by atoms with van der Waals surface area (Å²) in [6.45, 7) is 8.94. The first-order valence-corrected chi connectivity index (χ1v) is 12.2. The van der Waals surface area contributed by atoms with E-state index < -0.39 is 0 Å². The van der Waals surface area contributed by atoms with Gasteiger partial charge in [-0.25, -0.2) is 0 Å². The lowest BCUT2D eigenvalue weighted by Gasteiger charge is -2.19. The maximum Gasteiger partial charge on any atom is 0.0630 e. The zero-order chi connectivity index (χ0) is 23.7. The van der Waals surface area contributed by atoms with Gasteiger partial charge in [0, 0.05) is 5.92 Å². The molecule has 0 radical (unpaired) electrons. The minimum Gasteiger partial charge on any atom is -0.278 e. The van der Waals surface area contributed by atoms with E-state index in [4.69, 9.17) is 5.10 Å². The molecule has 0 atom stereocenters. The minimum absolute atomic E-state index is 0.212. The van der Waals surface area contributed by atoms with Gasteiger partial charge in [0.25, 0.3) is 0 Å². The van der Waals surface area contributed by atoms with Crippen LogP contribution in [0.4, 0.5) is 5.69 Å². The molecular weight excluding hydrogens is 412 g/mol. The number of nitrogens with one attached hydrogen (secondary N) is 1. The predicted octanol–water partition coefficient (Wildman–Crippen LogP) is 8.54. The molecule has 0 heterocycles. The van der Waals surface area contributed by atoms with Crippen LogP contribution in [0, 0.1) is 0 Å². The Bertz CT molecular complexity index is 1270. The second kappa shape index (κ2) is 9.30. The summed E-state index contributed by atoms with van der Waals surface area (Å²) in [5.74, 6) is 1.06. The van der Waals surface area contributed by atoms with Crippen LogP contribution in [0.15, 0.2) is 96.1 Å². The smallest absolute Gasteiger partial charge is 0.0630 e. The zero-order valence-electron chi connectivity index (χ0n) is 20.4. The Morgan fingerprint density at radius 2 is 1.12 bits per heavy atom. The highest BCUT2D eigenvalue weighted by Gasteiger charge is 2.30. The second-order valence-corrected chi connectivity index (χ2v) is 9.73. The SMILES string of the molecule is CC(C)c1cccc(C(C)C)c1N/N=C/c1ccccc1C1c2ccccc2-c2ccccc21. The third-order valence-electron chi connectivity index (χ3n) is 6.89. The molecule has 0 saturated heterocycles. The number of anilines is 1. The molecule has 0 aromatic heterocycles. The molecule has 2 nitrogen and oxygen atoms in total. The summed E-state index contributed by atoms with van der Waals surface area (Å²) in [5.41, 5.74) is 15.0. The predicted molar refractivity (Wildman–Crippen MR) is 145 cm³/mol. The van der Waals surface area contributed by atoms with Crippen LogP contribution in [0.1, 0.15) is 78.8 Å². The summed E-state index contributed by atoms with van der Waals surface area (Å²) in [5, 5.41) is 4.77. The molecule has 0 amide bonds. The molecule has 170 valence electrons. The maximum absolute atomic E-state index is 4.77. The molecule has 0 aliphatic heterocycles. The molecule has 0 unspecified atom stereocenters. The normalized spacial score (nSPS) is 13.0. The number of para-hydroxylation sites is 1. The minimum atomic E-state index is 0.212. The van der Waals surface area contributed by atoms with Crippen LogP contribution in [-0.4, -0.2) is 6.21 Å². The van der Waals surface area contributed by atoms with Crippen molar-refractivity contribution in [2.24, 2.45) is 5.10 Å². The molecule has 4 aromatic rings. The van der Waals surface area contributed by atoms with Crippen molar-refractivity contribution in [3.8, 4) is 11.1 Å². The van der Waals surface area contributed by atoms with Crippen LogP contribution < -0.4 is 5.43 Å². The van der Waals surface area contributed by atoms with E-state index in [1.54, 1.807) is 0 Å². The van der Waals surface area contributed by atoms with Crippen LogP contribution in [0.25, 0.3) is 11.1 Å². The molecule has 4 aromatic carbocycles.